The smallest absolute Gasteiger partial charge is 0.450 e. The minimum Gasteiger partial charge on any atom is -0.497 e. The number of hydrogen-bond acceptors (Lipinski definition) is 2. The number of carbonyl (C=O) groups excluding carboxylic acids is 1. The van der Waals surface area contributed by atoms with Crippen molar-refractivity contribution in [1.82, 2.24) is 4.98 Å². The lowest BCUT2D eigenvalue weighted by molar-refractivity contribution is -0.171. The number of para-hydroxylation sites is 1. The number of rotatable bonds is 5. The number of Topliss-reactive ketones (excluding diaryl/α,β-unsaturated/α-hetero) is 1. The number of ether oxygens (including phenoxy) is 1. The van der Waals surface area contributed by atoms with Crippen molar-refractivity contribution >= 4 is 16.7 Å². The molecule has 0 unspecified atom stereocenters. The van der Waals surface area contributed by atoms with Crippen LogP contribution in [-0.4, -0.2) is 24.1 Å². The van der Waals surface area contributed by atoms with Crippen LogP contribution in [0.25, 0.3) is 10.9 Å². The molecule has 0 fully saturated rings. The van der Waals surface area contributed by atoms with Crippen LogP contribution in [0.4, 0.5) is 13.2 Å². The van der Waals surface area contributed by atoms with Crippen LogP contribution in [0, 0.1) is 0 Å². The van der Waals surface area contributed by atoms with Gasteiger partial charge in [0, 0.05) is 29.4 Å². The lowest BCUT2D eigenvalue weighted by Crippen LogP contribution is -2.25. The molecule has 1 heterocycles. The third-order valence-electron chi connectivity index (χ3n) is 4.22. The minimum atomic E-state index is -4.85. The zero-order valence-electron chi connectivity index (χ0n) is 13.4. The number of fused-ring (bicyclic) bond motifs is 1. The molecule has 0 bridgehead atoms. The topological polar surface area (TPSA) is 42.1 Å². The minimum absolute atomic E-state index is 0.601. The number of methoxy groups -OCH3 is 1. The Morgan fingerprint density at radius 3 is 2.44 bits per heavy atom. The molecule has 3 rings (SSSR count). The fourth-order valence-corrected chi connectivity index (χ4v) is 2.93. The number of alkyl halides is 3. The van der Waals surface area contributed by atoms with E-state index in [9.17, 15) is 18.0 Å². The number of carbonyl (C=O) groups is 1. The molecule has 0 aliphatic rings. The Kier molecular flexibility index (Phi) is 4.53. The molecule has 0 radical (unpaired) electrons. The number of ketones is 1. The molecule has 0 aliphatic heterocycles. The Balaban J connectivity index is 2.06. The third kappa shape index (κ3) is 3.52. The van der Waals surface area contributed by atoms with Gasteiger partial charge in [0.15, 0.2) is 0 Å². The zero-order valence-corrected chi connectivity index (χ0v) is 13.4. The highest BCUT2D eigenvalue weighted by Gasteiger charge is 2.40. The SMILES string of the molecule is COc1ccc([C@H](CC(=O)C(F)(F)F)c2c[nH]c3ccccc23)cc1. The number of aromatic amines is 1. The third-order valence-corrected chi connectivity index (χ3v) is 4.22. The number of H-pyrrole nitrogens is 1. The normalized spacial score (nSPS) is 13.0. The van der Waals surface area contributed by atoms with Crippen LogP contribution in [0.5, 0.6) is 5.75 Å². The average molecular weight is 347 g/mol. The standard InChI is InChI=1S/C19H16F3NO2/c1-25-13-8-6-12(7-9-13)15(10-18(24)19(20,21)22)16-11-23-17-5-3-2-4-14(16)17/h2-9,11,15,23H,10H2,1H3/t15-/m0/s1. The Bertz CT molecular complexity index is 882. The molecule has 3 aromatic rings. The molecule has 6 heteroatoms. The van der Waals surface area contributed by atoms with Gasteiger partial charge < -0.3 is 9.72 Å². The summed E-state index contributed by atoms with van der Waals surface area (Å²) in [6.45, 7) is 0. The number of benzene rings is 2. The highest BCUT2D eigenvalue weighted by molar-refractivity contribution is 5.88. The van der Waals surface area contributed by atoms with Crippen molar-refractivity contribution in [2.24, 2.45) is 0 Å². The first-order valence-corrected chi connectivity index (χ1v) is 7.70. The van der Waals surface area contributed by atoms with Crippen LogP contribution < -0.4 is 4.74 Å². The fraction of sp³-hybridized carbons (Fsp3) is 0.211. The molecular weight excluding hydrogens is 331 g/mol. The monoisotopic (exact) mass is 347 g/mol. The van der Waals surface area contributed by atoms with Crippen molar-refractivity contribution in [3.8, 4) is 5.75 Å². The highest BCUT2D eigenvalue weighted by atomic mass is 19.4. The molecule has 0 saturated heterocycles. The van der Waals surface area contributed by atoms with E-state index in [-0.39, 0.29) is 0 Å². The molecule has 3 nitrogen and oxygen atoms in total. The van der Waals surface area contributed by atoms with Gasteiger partial charge in [0.05, 0.1) is 7.11 Å². The molecule has 0 saturated carbocycles. The summed E-state index contributed by atoms with van der Waals surface area (Å²) in [5.74, 6) is -1.83. The van der Waals surface area contributed by atoms with Crippen molar-refractivity contribution in [2.45, 2.75) is 18.5 Å². The number of nitrogens with one attached hydrogen (secondary N) is 1. The predicted molar refractivity (Wildman–Crippen MR) is 88.8 cm³/mol. The van der Waals surface area contributed by atoms with Gasteiger partial charge in [-0.25, -0.2) is 0 Å². The van der Waals surface area contributed by atoms with Gasteiger partial charge in [-0.1, -0.05) is 30.3 Å². The maximum atomic E-state index is 12.8. The Morgan fingerprint density at radius 2 is 1.80 bits per heavy atom. The van der Waals surface area contributed by atoms with E-state index >= 15 is 0 Å². The highest BCUT2D eigenvalue weighted by Crippen LogP contribution is 2.36. The van der Waals surface area contributed by atoms with Gasteiger partial charge in [0.2, 0.25) is 5.78 Å². The van der Waals surface area contributed by atoms with E-state index in [2.05, 4.69) is 4.98 Å². The Hall–Kier alpha value is -2.76. The molecule has 0 amide bonds. The molecule has 0 spiro atoms. The van der Waals surface area contributed by atoms with Crippen LogP contribution in [-0.2, 0) is 4.79 Å². The largest absolute Gasteiger partial charge is 0.497 e. The molecule has 25 heavy (non-hydrogen) atoms. The Labute approximate surface area is 142 Å². The second-order valence-corrected chi connectivity index (χ2v) is 5.74. The van der Waals surface area contributed by atoms with Gasteiger partial charge in [-0.05, 0) is 29.3 Å². The van der Waals surface area contributed by atoms with Crippen molar-refractivity contribution in [1.29, 1.82) is 0 Å². The quantitative estimate of drug-likeness (QED) is 0.718. The predicted octanol–water partition coefficient (Wildman–Crippen LogP) is 4.83. The first-order valence-electron chi connectivity index (χ1n) is 7.70. The van der Waals surface area contributed by atoms with Crippen molar-refractivity contribution in [3.63, 3.8) is 0 Å². The van der Waals surface area contributed by atoms with Gasteiger partial charge in [-0.15, -0.1) is 0 Å². The van der Waals surface area contributed by atoms with Gasteiger partial charge in [-0.3, -0.25) is 4.79 Å². The number of aromatic nitrogens is 1. The molecule has 130 valence electrons. The van der Waals surface area contributed by atoms with E-state index in [0.29, 0.717) is 16.9 Å². The maximum absolute atomic E-state index is 12.8. The van der Waals surface area contributed by atoms with Crippen LogP contribution in [0.1, 0.15) is 23.5 Å². The number of hydrogen-bond donors (Lipinski definition) is 1. The van der Waals surface area contributed by atoms with Crippen LogP contribution in [0.2, 0.25) is 0 Å². The summed E-state index contributed by atoms with van der Waals surface area (Å²) in [5, 5.41) is 0.804. The van der Waals surface area contributed by atoms with Crippen molar-refractivity contribution < 1.29 is 22.7 Å². The second-order valence-electron chi connectivity index (χ2n) is 5.74. The fourth-order valence-electron chi connectivity index (χ4n) is 2.93. The van der Waals surface area contributed by atoms with Gasteiger partial charge in [0.1, 0.15) is 5.75 Å². The van der Waals surface area contributed by atoms with Crippen LogP contribution in [0.15, 0.2) is 54.7 Å². The first-order chi connectivity index (χ1) is 11.9. The lowest BCUT2D eigenvalue weighted by Gasteiger charge is -2.18. The zero-order chi connectivity index (χ0) is 18.0. The van der Waals surface area contributed by atoms with E-state index in [0.717, 1.165) is 10.9 Å². The summed E-state index contributed by atoms with van der Waals surface area (Å²) in [6, 6.07) is 14.1. The molecule has 1 atom stereocenters. The Morgan fingerprint density at radius 1 is 1.12 bits per heavy atom. The van der Waals surface area contributed by atoms with E-state index in [1.807, 2.05) is 24.3 Å². The maximum Gasteiger partial charge on any atom is 0.450 e. The van der Waals surface area contributed by atoms with Crippen LogP contribution in [0.3, 0.4) is 0 Å². The lowest BCUT2D eigenvalue weighted by atomic mass is 9.86. The van der Waals surface area contributed by atoms with Crippen LogP contribution >= 0.6 is 0 Å². The summed E-state index contributed by atoms with van der Waals surface area (Å²) in [6.07, 6.45) is -3.82. The van der Waals surface area contributed by atoms with Crippen molar-refractivity contribution in [3.05, 3.63) is 65.9 Å². The van der Waals surface area contributed by atoms with Crippen molar-refractivity contribution in [2.75, 3.05) is 7.11 Å². The molecule has 1 aromatic heterocycles. The summed E-state index contributed by atoms with van der Waals surface area (Å²) in [5.41, 5.74) is 2.11. The van der Waals surface area contributed by atoms with E-state index in [4.69, 9.17) is 4.74 Å². The summed E-state index contributed by atoms with van der Waals surface area (Å²) >= 11 is 0. The number of halogens is 3. The molecule has 1 N–H and O–H groups in total. The molecule has 2 aromatic carbocycles. The van der Waals surface area contributed by atoms with Gasteiger partial charge in [-0.2, -0.15) is 13.2 Å². The van der Waals surface area contributed by atoms with Gasteiger partial charge in [0.25, 0.3) is 0 Å². The molecular formula is C19H16F3NO2. The average Bonchev–Trinajstić information content (AvgIpc) is 3.02. The van der Waals surface area contributed by atoms with E-state index in [1.54, 1.807) is 30.5 Å². The summed E-state index contributed by atoms with van der Waals surface area (Å²) in [7, 11) is 1.51. The van der Waals surface area contributed by atoms with E-state index < -0.39 is 24.3 Å². The van der Waals surface area contributed by atoms with Gasteiger partial charge >= 0.3 is 6.18 Å². The first kappa shape index (κ1) is 17.1. The second kappa shape index (κ2) is 6.63. The van der Waals surface area contributed by atoms with E-state index in [1.165, 1.54) is 7.11 Å². The summed E-state index contributed by atoms with van der Waals surface area (Å²) < 4.78 is 43.6. The molecule has 0 aliphatic carbocycles. The summed E-state index contributed by atoms with van der Waals surface area (Å²) in [4.78, 5) is 14.7.